The van der Waals surface area contributed by atoms with E-state index in [9.17, 15) is 9.90 Å². The lowest BCUT2D eigenvalue weighted by Crippen LogP contribution is -2.21. The van der Waals surface area contributed by atoms with E-state index in [1.165, 1.54) is 30.2 Å². The van der Waals surface area contributed by atoms with Gasteiger partial charge in [-0.25, -0.2) is 4.79 Å². The molecule has 1 aromatic heterocycles. The number of rotatable bonds is 7. The maximum atomic E-state index is 11.3. The van der Waals surface area contributed by atoms with Crippen molar-refractivity contribution >= 4 is 28.3 Å². The van der Waals surface area contributed by atoms with Gasteiger partial charge in [0.25, 0.3) is 0 Å². The van der Waals surface area contributed by atoms with E-state index in [0.717, 1.165) is 28.2 Å². The number of hydrogen-bond acceptors (Lipinski definition) is 6. The predicted molar refractivity (Wildman–Crippen MR) is 110 cm³/mol. The fraction of sp³-hybridized carbons (Fsp3) is 0.190. The molecule has 0 bridgehead atoms. The average molecular weight is 393 g/mol. The lowest BCUT2D eigenvalue weighted by Gasteiger charge is -2.27. The highest BCUT2D eigenvalue weighted by Crippen LogP contribution is 2.38. The van der Waals surface area contributed by atoms with E-state index < -0.39 is 5.97 Å². The van der Waals surface area contributed by atoms with Gasteiger partial charge in [0.05, 0.1) is 29.0 Å². The molecule has 6 nitrogen and oxygen atoms in total. The number of nitrogens with one attached hydrogen (secondary N) is 1. The number of ether oxygens (including phenoxy) is 1. The van der Waals surface area contributed by atoms with Crippen LogP contribution in [0.1, 0.15) is 33.8 Å². The van der Waals surface area contributed by atoms with Gasteiger partial charge in [-0.15, -0.1) is 0 Å². The molecule has 0 aliphatic carbocycles. The van der Waals surface area contributed by atoms with Gasteiger partial charge in [-0.05, 0) is 29.7 Å². The summed E-state index contributed by atoms with van der Waals surface area (Å²) in [5.74, 6) is -0.0314. The van der Waals surface area contributed by atoms with Crippen molar-refractivity contribution in [2.45, 2.75) is 12.3 Å². The van der Waals surface area contributed by atoms with Gasteiger partial charge in [0.1, 0.15) is 11.8 Å². The molecule has 142 valence electrons. The molecule has 28 heavy (non-hydrogen) atoms. The van der Waals surface area contributed by atoms with Crippen molar-refractivity contribution in [2.24, 2.45) is 0 Å². The summed E-state index contributed by atoms with van der Waals surface area (Å²) in [7, 11) is 0. The third-order valence-corrected chi connectivity index (χ3v) is 5.28. The molecular formula is C21H19N3O3S. The first-order valence-electron chi connectivity index (χ1n) is 8.63. The molecule has 7 heteroatoms. The zero-order valence-electron chi connectivity index (χ0n) is 15.1. The van der Waals surface area contributed by atoms with Gasteiger partial charge in [0, 0.05) is 23.6 Å². The molecule has 0 saturated heterocycles. The number of pyridine rings is 1. The summed E-state index contributed by atoms with van der Waals surface area (Å²) >= 11 is 1.24. The molecule has 0 fully saturated rings. The van der Waals surface area contributed by atoms with E-state index >= 15 is 0 Å². The highest BCUT2D eigenvalue weighted by Gasteiger charge is 2.23. The topological polar surface area (TPSA) is 95.2 Å². The van der Waals surface area contributed by atoms with E-state index in [4.69, 9.17) is 10.00 Å². The fourth-order valence-corrected chi connectivity index (χ4v) is 3.62. The number of fused-ring (bicyclic) bond motifs is 1. The first-order chi connectivity index (χ1) is 13.5. The molecule has 1 aliphatic heterocycles. The number of anilines is 1. The van der Waals surface area contributed by atoms with Crippen LogP contribution >= 0.6 is 11.8 Å². The Balaban J connectivity index is 1.75. The second-order valence-electron chi connectivity index (χ2n) is 6.25. The summed E-state index contributed by atoms with van der Waals surface area (Å²) in [5, 5.41) is 21.4. The van der Waals surface area contributed by atoms with E-state index in [2.05, 4.69) is 23.5 Å². The Kier molecular flexibility index (Phi) is 6.02. The summed E-state index contributed by atoms with van der Waals surface area (Å²) in [6, 6.07) is 9.36. The molecule has 1 unspecified atom stereocenters. The molecule has 1 aromatic carbocycles. The van der Waals surface area contributed by atoms with Crippen LogP contribution in [0.15, 0.2) is 54.7 Å². The number of benzene rings is 1. The van der Waals surface area contributed by atoms with Crippen LogP contribution in [0.25, 0.3) is 4.91 Å². The van der Waals surface area contributed by atoms with Crippen molar-refractivity contribution in [1.82, 2.24) is 4.98 Å². The molecule has 1 atom stereocenters. The molecule has 0 radical (unpaired) electrons. The molecule has 2 N–H and O–H groups in total. The van der Waals surface area contributed by atoms with Crippen molar-refractivity contribution in [3.8, 4) is 11.8 Å². The monoisotopic (exact) mass is 393 g/mol. The fourth-order valence-electron chi connectivity index (χ4n) is 3.03. The Bertz CT molecular complexity index is 981. The van der Waals surface area contributed by atoms with E-state index in [-0.39, 0.29) is 11.5 Å². The summed E-state index contributed by atoms with van der Waals surface area (Å²) in [4.78, 5) is 16.5. The Hall–Kier alpha value is -3.24. The van der Waals surface area contributed by atoms with Crippen LogP contribution in [0.3, 0.4) is 0 Å². The molecule has 2 aromatic rings. The molecule has 0 amide bonds. The lowest BCUT2D eigenvalue weighted by molar-refractivity contribution is 0.0697. The smallest absolute Gasteiger partial charge is 0.337 e. The third-order valence-electron chi connectivity index (χ3n) is 4.46. The average Bonchev–Trinajstić information content (AvgIpc) is 2.71. The zero-order valence-corrected chi connectivity index (χ0v) is 16.0. The summed E-state index contributed by atoms with van der Waals surface area (Å²) in [6.07, 6.45) is 3.81. The maximum absolute atomic E-state index is 11.3. The summed E-state index contributed by atoms with van der Waals surface area (Å²) in [6.45, 7) is 8.82. The van der Waals surface area contributed by atoms with Gasteiger partial charge in [0.15, 0.2) is 0 Å². The van der Waals surface area contributed by atoms with Crippen molar-refractivity contribution in [3.05, 3.63) is 71.4 Å². The number of thioether (sulfide) groups is 1. The Morgan fingerprint density at radius 3 is 3.00 bits per heavy atom. The number of aromatic carboxylic acids is 1. The quantitative estimate of drug-likeness (QED) is 0.669. The molecule has 1 aliphatic rings. The van der Waals surface area contributed by atoms with Crippen LogP contribution in [0.5, 0.6) is 5.75 Å². The largest absolute Gasteiger partial charge is 0.493 e. The number of nitriles is 1. The Morgan fingerprint density at radius 2 is 2.25 bits per heavy atom. The lowest BCUT2D eigenvalue weighted by atomic mass is 9.92. The van der Waals surface area contributed by atoms with Crippen LogP contribution in [0.2, 0.25) is 0 Å². The second kappa shape index (κ2) is 8.63. The van der Waals surface area contributed by atoms with Gasteiger partial charge in [-0.2, -0.15) is 5.26 Å². The highest BCUT2D eigenvalue weighted by atomic mass is 32.2. The van der Waals surface area contributed by atoms with Gasteiger partial charge in [0.2, 0.25) is 0 Å². The number of allylic oxidation sites excluding steroid dienone is 1. The third kappa shape index (κ3) is 4.35. The number of carboxylic acids is 1. The SMILES string of the molecule is C=C(C#N)SC(=C)c1ccc2c(c1)OCCC2CNc1cnccc1C(=O)O. The van der Waals surface area contributed by atoms with E-state index in [0.29, 0.717) is 23.7 Å². The first kappa shape index (κ1) is 19.5. The van der Waals surface area contributed by atoms with E-state index in [1.807, 2.05) is 24.3 Å². The van der Waals surface area contributed by atoms with Crippen LogP contribution in [0.4, 0.5) is 5.69 Å². The zero-order chi connectivity index (χ0) is 20.1. The van der Waals surface area contributed by atoms with Gasteiger partial charge in [-0.1, -0.05) is 37.1 Å². The van der Waals surface area contributed by atoms with Crippen LogP contribution in [0, 0.1) is 11.3 Å². The number of carbonyl (C=O) groups is 1. The minimum Gasteiger partial charge on any atom is -0.493 e. The molecule has 0 saturated carbocycles. The first-order valence-corrected chi connectivity index (χ1v) is 9.45. The number of nitrogens with zero attached hydrogens (tertiary/aromatic N) is 2. The molecule has 0 spiro atoms. The van der Waals surface area contributed by atoms with Crippen molar-refractivity contribution in [2.75, 3.05) is 18.5 Å². The van der Waals surface area contributed by atoms with E-state index in [1.54, 1.807) is 0 Å². The number of carboxylic acid groups (broad SMARTS) is 1. The maximum Gasteiger partial charge on any atom is 0.337 e. The van der Waals surface area contributed by atoms with Gasteiger partial charge >= 0.3 is 5.97 Å². The van der Waals surface area contributed by atoms with Gasteiger partial charge < -0.3 is 15.2 Å². The van der Waals surface area contributed by atoms with Crippen molar-refractivity contribution in [3.63, 3.8) is 0 Å². The molecular weight excluding hydrogens is 374 g/mol. The minimum atomic E-state index is -0.989. The highest BCUT2D eigenvalue weighted by molar-refractivity contribution is 8.12. The summed E-state index contributed by atoms with van der Waals surface area (Å²) < 4.78 is 5.82. The number of hydrogen-bond donors (Lipinski definition) is 2. The standard InChI is InChI=1S/C21H19N3O3S/c1-13(10-22)28-14(2)15-3-4-17-16(6-8-27-20(17)9-15)11-24-19-12-23-7-5-18(19)21(25)26/h3-5,7,9,12,16,24H,1-2,6,8,11H2,(H,25,26). The summed E-state index contributed by atoms with van der Waals surface area (Å²) in [5.41, 5.74) is 2.64. The van der Waals surface area contributed by atoms with Crippen LogP contribution in [-0.4, -0.2) is 29.2 Å². The molecule has 2 heterocycles. The van der Waals surface area contributed by atoms with Crippen molar-refractivity contribution < 1.29 is 14.6 Å². The Morgan fingerprint density at radius 1 is 1.43 bits per heavy atom. The minimum absolute atomic E-state index is 0.176. The predicted octanol–water partition coefficient (Wildman–Crippen LogP) is 4.50. The molecule has 3 rings (SSSR count). The van der Waals surface area contributed by atoms with Crippen LogP contribution < -0.4 is 10.1 Å². The second-order valence-corrected chi connectivity index (χ2v) is 7.44. The van der Waals surface area contributed by atoms with Crippen molar-refractivity contribution in [1.29, 1.82) is 5.26 Å². The number of aromatic nitrogens is 1. The Labute approximate surface area is 167 Å². The van der Waals surface area contributed by atoms with Gasteiger partial charge in [-0.3, -0.25) is 4.98 Å². The normalized spacial score (nSPS) is 14.9. The van der Waals surface area contributed by atoms with Crippen LogP contribution in [-0.2, 0) is 0 Å².